The number of benzene rings is 1. The van der Waals surface area contributed by atoms with Crippen LogP contribution in [0.3, 0.4) is 0 Å². The van der Waals surface area contributed by atoms with Crippen molar-refractivity contribution in [2.45, 2.75) is 44.2 Å². The highest BCUT2D eigenvalue weighted by molar-refractivity contribution is 5.13. The minimum absolute atomic E-state index is 0.326. The Morgan fingerprint density at radius 2 is 1.91 bits per heavy atom. The summed E-state index contributed by atoms with van der Waals surface area (Å²) in [6.07, 6.45) is -1.81. The normalized spacial score (nSPS) is 31.5. The lowest BCUT2D eigenvalue weighted by Crippen LogP contribution is -2.58. The second kappa shape index (κ2) is 8.12. The van der Waals surface area contributed by atoms with Crippen molar-refractivity contribution < 1.29 is 18.9 Å². The fraction of sp³-hybridized carbons (Fsp3) is 0.600. The maximum atomic E-state index is 8.80. The number of hydrogen-bond donors (Lipinski definition) is 0. The van der Waals surface area contributed by atoms with Gasteiger partial charge in [-0.1, -0.05) is 35.4 Å². The van der Waals surface area contributed by atoms with Crippen LogP contribution in [0.2, 0.25) is 0 Å². The third kappa shape index (κ3) is 3.76. The minimum atomic E-state index is -0.564. The van der Waals surface area contributed by atoms with Gasteiger partial charge >= 0.3 is 0 Å². The van der Waals surface area contributed by atoms with E-state index in [0.717, 1.165) is 5.56 Å². The summed E-state index contributed by atoms with van der Waals surface area (Å²) < 4.78 is 22.5. The monoisotopic (exact) mass is 307 g/mol. The second-order valence-electron chi connectivity index (χ2n) is 5.10. The molecule has 1 aromatic carbocycles. The predicted molar refractivity (Wildman–Crippen MR) is 80.1 cm³/mol. The molecule has 0 radical (unpaired) electrons. The van der Waals surface area contributed by atoms with Gasteiger partial charge in [-0.15, -0.1) is 0 Å². The molecule has 1 heterocycles. The average Bonchev–Trinajstić information content (AvgIpc) is 2.55. The molecule has 0 aromatic heterocycles. The van der Waals surface area contributed by atoms with E-state index < -0.39 is 24.5 Å². The van der Waals surface area contributed by atoms with E-state index >= 15 is 0 Å². The Balaban J connectivity index is 2.17. The van der Waals surface area contributed by atoms with Crippen LogP contribution in [0.1, 0.15) is 12.5 Å². The molecule has 1 fully saturated rings. The van der Waals surface area contributed by atoms with Crippen LogP contribution < -0.4 is 0 Å². The van der Waals surface area contributed by atoms with Crippen molar-refractivity contribution in [1.82, 2.24) is 0 Å². The molecule has 1 saturated heterocycles. The highest BCUT2D eigenvalue weighted by Gasteiger charge is 2.45. The first-order chi connectivity index (χ1) is 10.7. The maximum Gasteiger partial charge on any atom is 0.186 e. The summed E-state index contributed by atoms with van der Waals surface area (Å²) in [5.74, 6) is 0. The summed E-state index contributed by atoms with van der Waals surface area (Å²) in [6.45, 7) is 2.22. The molecule has 120 valence electrons. The number of rotatable bonds is 6. The summed E-state index contributed by atoms with van der Waals surface area (Å²) in [7, 11) is 3.10. The number of methoxy groups -OCH3 is 2. The first-order valence-corrected chi connectivity index (χ1v) is 7.12. The van der Waals surface area contributed by atoms with Gasteiger partial charge in [0, 0.05) is 19.1 Å². The average molecular weight is 307 g/mol. The van der Waals surface area contributed by atoms with Crippen molar-refractivity contribution in [3.8, 4) is 0 Å². The molecule has 0 amide bonds. The molecule has 0 bridgehead atoms. The van der Waals surface area contributed by atoms with Crippen molar-refractivity contribution in [3.05, 3.63) is 46.3 Å². The minimum Gasteiger partial charge on any atom is -0.373 e. The summed E-state index contributed by atoms with van der Waals surface area (Å²) in [6, 6.07) is 9.30. The van der Waals surface area contributed by atoms with Crippen molar-refractivity contribution >= 4 is 0 Å². The molecule has 0 saturated carbocycles. The Morgan fingerprint density at radius 3 is 2.50 bits per heavy atom. The number of hydrogen-bond acceptors (Lipinski definition) is 5. The first-order valence-electron chi connectivity index (χ1n) is 7.12. The highest BCUT2D eigenvalue weighted by Crippen LogP contribution is 2.28. The van der Waals surface area contributed by atoms with Crippen LogP contribution in [0.25, 0.3) is 10.4 Å². The van der Waals surface area contributed by atoms with Gasteiger partial charge in [0.05, 0.1) is 18.8 Å². The van der Waals surface area contributed by atoms with Crippen LogP contribution in [-0.2, 0) is 25.6 Å². The van der Waals surface area contributed by atoms with Gasteiger partial charge < -0.3 is 18.9 Å². The van der Waals surface area contributed by atoms with Gasteiger partial charge in [0.1, 0.15) is 12.2 Å². The van der Waals surface area contributed by atoms with Crippen LogP contribution in [0, 0.1) is 0 Å². The van der Waals surface area contributed by atoms with Gasteiger partial charge in [-0.3, -0.25) is 0 Å². The summed E-state index contributed by atoms with van der Waals surface area (Å²) >= 11 is 0. The van der Waals surface area contributed by atoms with E-state index in [1.165, 1.54) is 0 Å². The van der Waals surface area contributed by atoms with Crippen molar-refractivity contribution in [1.29, 1.82) is 0 Å². The first kappa shape index (κ1) is 16.7. The van der Waals surface area contributed by atoms with Gasteiger partial charge in [-0.25, -0.2) is 0 Å². The van der Waals surface area contributed by atoms with E-state index in [2.05, 4.69) is 10.0 Å². The van der Waals surface area contributed by atoms with Gasteiger partial charge in [0.25, 0.3) is 0 Å². The standard InChI is InChI=1S/C15H21N3O4/c1-10-12(17-18-16)13(14(19-2)15(20-3)22-10)21-9-11-7-5-4-6-8-11/h4-8,10,12-15H,9H2,1-3H3/t10-,12-,13+,14+,15+/m0/s1. The molecule has 22 heavy (non-hydrogen) atoms. The zero-order valence-corrected chi connectivity index (χ0v) is 13.0. The summed E-state index contributed by atoms with van der Waals surface area (Å²) in [4.78, 5) is 2.90. The lowest BCUT2D eigenvalue weighted by Gasteiger charge is -2.42. The lowest BCUT2D eigenvalue weighted by molar-refractivity contribution is -0.275. The third-order valence-corrected chi connectivity index (χ3v) is 3.73. The smallest absolute Gasteiger partial charge is 0.186 e. The zero-order chi connectivity index (χ0) is 15.9. The van der Waals surface area contributed by atoms with Gasteiger partial charge in [0.2, 0.25) is 0 Å². The van der Waals surface area contributed by atoms with Crippen LogP contribution >= 0.6 is 0 Å². The Bertz CT molecular complexity index is 507. The Morgan fingerprint density at radius 1 is 1.18 bits per heavy atom. The predicted octanol–water partition coefficient (Wildman–Crippen LogP) is 2.66. The van der Waals surface area contributed by atoms with E-state index in [-0.39, 0.29) is 6.10 Å². The van der Waals surface area contributed by atoms with Crippen LogP contribution in [0.5, 0.6) is 0 Å². The molecule has 0 aliphatic carbocycles. The highest BCUT2D eigenvalue weighted by atomic mass is 16.7. The molecule has 0 N–H and O–H groups in total. The molecular weight excluding hydrogens is 286 g/mol. The van der Waals surface area contributed by atoms with Gasteiger partial charge in [-0.05, 0) is 18.0 Å². The largest absolute Gasteiger partial charge is 0.373 e. The third-order valence-electron chi connectivity index (χ3n) is 3.73. The molecule has 0 spiro atoms. The van der Waals surface area contributed by atoms with Crippen molar-refractivity contribution in [2.24, 2.45) is 5.11 Å². The second-order valence-corrected chi connectivity index (χ2v) is 5.10. The van der Waals surface area contributed by atoms with Gasteiger partial charge in [-0.2, -0.15) is 0 Å². The SMILES string of the molecule is CO[C@@H]1O[C@@H](C)[C@H](N=[N+]=[N-])[C@@H](OCc2ccccc2)[C@H]1OC. The molecular formula is C15H21N3O4. The maximum absolute atomic E-state index is 8.80. The van der Waals surface area contributed by atoms with E-state index in [4.69, 9.17) is 24.5 Å². The van der Waals surface area contributed by atoms with Crippen LogP contribution in [-0.4, -0.2) is 44.9 Å². The topological polar surface area (TPSA) is 85.7 Å². The zero-order valence-electron chi connectivity index (χ0n) is 13.0. The fourth-order valence-corrected chi connectivity index (χ4v) is 2.60. The van der Waals surface area contributed by atoms with Crippen LogP contribution in [0.4, 0.5) is 0 Å². The molecule has 5 atom stereocenters. The molecule has 7 heteroatoms. The van der Waals surface area contributed by atoms with Crippen molar-refractivity contribution in [2.75, 3.05) is 14.2 Å². The Kier molecular flexibility index (Phi) is 6.18. The van der Waals surface area contributed by atoms with E-state index in [1.807, 2.05) is 37.3 Å². The number of azide groups is 1. The van der Waals surface area contributed by atoms with E-state index in [1.54, 1.807) is 14.2 Å². The molecule has 1 aliphatic heterocycles. The Hall–Kier alpha value is -1.63. The fourth-order valence-electron chi connectivity index (χ4n) is 2.60. The van der Waals surface area contributed by atoms with E-state index in [0.29, 0.717) is 6.61 Å². The van der Waals surface area contributed by atoms with E-state index in [9.17, 15) is 0 Å². The quantitative estimate of drug-likeness (QED) is 0.459. The molecule has 1 aliphatic rings. The number of nitrogens with zero attached hydrogens (tertiary/aromatic N) is 3. The molecule has 1 aromatic rings. The summed E-state index contributed by atoms with van der Waals surface area (Å²) in [5, 5.41) is 3.82. The number of ether oxygens (including phenoxy) is 4. The molecule has 2 rings (SSSR count). The van der Waals surface area contributed by atoms with Crippen molar-refractivity contribution in [3.63, 3.8) is 0 Å². The summed E-state index contributed by atoms with van der Waals surface area (Å²) in [5.41, 5.74) is 9.83. The Labute approximate surface area is 129 Å². The van der Waals surface area contributed by atoms with Gasteiger partial charge in [0.15, 0.2) is 6.29 Å². The lowest BCUT2D eigenvalue weighted by atomic mass is 9.97. The molecule has 7 nitrogen and oxygen atoms in total. The van der Waals surface area contributed by atoms with Crippen LogP contribution in [0.15, 0.2) is 35.4 Å². The molecule has 0 unspecified atom stereocenters.